The van der Waals surface area contributed by atoms with Crippen LogP contribution in [0.1, 0.15) is 32.3 Å². The number of nitrogens with zero attached hydrogens (tertiary/aromatic N) is 1. The molecule has 0 aliphatic rings. The predicted molar refractivity (Wildman–Crippen MR) is 70.1 cm³/mol. The van der Waals surface area contributed by atoms with Gasteiger partial charge in [-0.3, -0.25) is 4.79 Å². The Hall–Kier alpha value is -1.62. The number of carbonyl (C=O) groups is 1. The Bertz CT molecular complexity index is 386. The van der Waals surface area contributed by atoms with E-state index in [1.165, 1.54) is 0 Å². The van der Waals surface area contributed by atoms with Crippen molar-refractivity contribution in [1.82, 2.24) is 10.3 Å². The summed E-state index contributed by atoms with van der Waals surface area (Å²) in [6, 6.07) is 3.62. The van der Waals surface area contributed by atoms with E-state index in [2.05, 4.69) is 10.3 Å². The maximum Gasteiger partial charge on any atom is 0.240 e. The Balaban J connectivity index is 2.56. The third-order valence-electron chi connectivity index (χ3n) is 3.17. The fourth-order valence-electron chi connectivity index (χ4n) is 1.57. The molecule has 0 radical (unpaired) electrons. The second-order valence-electron chi connectivity index (χ2n) is 4.25. The minimum atomic E-state index is -0.778. The van der Waals surface area contributed by atoms with Crippen molar-refractivity contribution in [3.05, 3.63) is 23.9 Å². The number of carbonyl (C=O) groups excluding carboxylic acids is 1. The van der Waals surface area contributed by atoms with Gasteiger partial charge < -0.3 is 15.8 Å². The van der Waals surface area contributed by atoms with Gasteiger partial charge in [-0.05, 0) is 18.4 Å². The highest BCUT2D eigenvalue weighted by Gasteiger charge is 2.29. The molecule has 18 heavy (non-hydrogen) atoms. The number of nitrogens with one attached hydrogen (secondary N) is 1. The maximum absolute atomic E-state index is 11.9. The van der Waals surface area contributed by atoms with Gasteiger partial charge in [0, 0.05) is 18.8 Å². The Morgan fingerprint density at radius 1 is 1.44 bits per heavy atom. The molecule has 0 aliphatic carbocycles. The topological polar surface area (TPSA) is 77.2 Å². The zero-order valence-corrected chi connectivity index (χ0v) is 11.2. The second kappa shape index (κ2) is 6.35. The van der Waals surface area contributed by atoms with Crippen molar-refractivity contribution < 1.29 is 9.53 Å². The first-order valence-electron chi connectivity index (χ1n) is 6.11. The molecule has 1 aromatic heterocycles. The van der Waals surface area contributed by atoms with Crippen molar-refractivity contribution in [3.8, 4) is 5.88 Å². The number of nitrogens with two attached hydrogens (primary N) is 1. The van der Waals surface area contributed by atoms with Crippen LogP contribution in [0.15, 0.2) is 18.3 Å². The molecule has 3 N–H and O–H groups in total. The molecule has 0 fully saturated rings. The molecule has 0 aliphatic heterocycles. The minimum absolute atomic E-state index is 0.122. The highest BCUT2D eigenvalue weighted by molar-refractivity contribution is 5.85. The van der Waals surface area contributed by atoms with E-state index in [0.717, 1.165) is 5.56 Å². The van der Waals surface area contributed by atoms with Gasteiger partial charge in [0.15, 0.2) is 0 Å². The molecular weight excluding hydrogens is 230 g/mol. The highest BCUT2D eigenvalue weighted by Crippen LogP contribution is 2.12. The van der Waals surface area contributed by atoms with Crippen LogP contribution in [-0.2, 0) is 11.3 Å². The molecule has 0 saturated heterocycles. The summed E-state index contributed by atoms with van der Waals surface area (Å²) in [6.07, 6.45) is 2.92. The average molecular weight is 251 g/mol. The smallest absolute Gasteiger partial charge is 0.240 e. The zero-order valence-electron chi connectivity index (χ0n) is 11.2. The van der Waals surface area contributed by atoms with Crippen LogP contribution in [0.25, 0.3) is 0 Å². The summed E-state index contributed by atoms with van der Waals surface area (Å²) >= 11 is 0. The van der Waals surface area contributed by atoms with Crippen molar-refractivity contribution >= 4 is 5.91 Å². The van der Waals surface area contributed by atoms with E-state index in [1.54, 1.807) is 19.4 Å². The molecule has 1 heterocycles. The van der Waals surface area contributed by atoms with Gasteiger partial charge in [0.05, 0.1) is 12.6 Å². The standard InChI is InChI=1S/C13H21N3O2/c1-4-13(14,5-2)12(17)16-9-10-6-7-11(18-3)15-8-10/h6-8H,4-5,9,14H2,1-3H3,(H,16,17). The summed E-state index contributed by atoms with van der Waals surface area (Å²) in [5.41, 5.74) is 6.14. The van der Waals surface area contributed by atoms with Gasteiger partial charge in [-0.25, -0.2) is 4.98 Å². The predicted octanol–water partition coefficient (Wildman–Crippen LogP) is 1.22. The average Bonchev–Trinajstić information content (AvgIpc) is 2.44. The van der Waals surface area contributed by atoms with E-state index >= 15 is 0 Å². The lowest BCUT2D eigenvalue weighted by atomic mass is 9.93. The summed E-state index contributed by atoms with van der Waals surface area (Å²) < 4.78 is 4.97. The number of aromatic nitrogens is 1. The van der Waals surface area contributed by atoms with Crippen molar-refractivity contribution in [3.63, 3.8) is 0 Å². The largest absolute Gasteiger partial charge is 0.481 e. The van der Waals surface area contributed by atoms with Crippen molar-refractivity contribution in [2.24, 2.45) is 5.73 Å². The quantitative estimate of drug-likeness (QED) is 0.797. The molecule has 0 aromatic carbocycles. The van der Waals surface area contributed by atoms with E-state index in [4.69, 9.17) is 10.5 Å². The van der Waals surface area contributed by atoms with E-state index in [-0.39, 0.29) is 5.91 Å². The molecule has 1 amide bonds. The van der Waals surface area contributed by atoms with Gasteiger partial charge in [-0.1, -0.05) is 19.9 Å². The Labute approximate surface area is 108 Å². The Kier molecular flexibility index (Phi) is 5.09. The Morgan fingerprint density at radius 3 is 2.56 bits per heavy atom. The lowest BCUT2D eigenvalue weighted by molar-refractivity contribution is -0.126. The molecule has 0 bridgehead atoms. The summed E-state index contributed by atoms with van der Waals surface area (Å²) in [6.45, 7) is 4.25. The van der Waals surface area contributed by atoms with Crippen molar-refractivity contribution in [2.75, 3.05) is 7.11 Å². The van der Waals surface area contributed by atoms with Crippen LogP contribution in [0.5, 0.6) is 5.88 Å². The number of rotatable bonds is 6. The van der Waals surface area contributed by atoms with Crippen LogP contribution in [0.3, 0.4) is 0 Å². The van der Waals surface area contributed by atoms with Gasteiger partial charge in [0.2, 0.25) is 11.8 Å². The molecule has 100 valence electrons. The van der Waals surface area contributed by atoms with E-state index < -0.39 is 5.54 Å². The van der Waals surface area contributed by atoms with Crippen LogP contribution in [0.4, 0.5) is 0 Å². The summed E-state index contributed by atoms with van der Waals surface area (Å²) in [4.78, 5) is 16.0. The first kappa shape index (κ1) is 14.4. The molecule has 0 spiro atoms. The normalized spacial score (nSPS) is 11.1. The molecule has 5 nitrogen and oxygen atoms in total. The van der Waals surface area contributed by atoms with Gasteiger partial charge in [-0.15, -0.1) is 0 Å². The van der Waals surface area contributed by atoms with E-state index in [9.17, 15) is 4.79 Å². The monoisotopic (exact) mass is 251 g/mol. The summed E-state index contributed by atoms with van der Waals surface area (Å²) in [5.74, 6) is 0.434. The van der Waals surface area contributed by atoms with Gasteiger partial charge in [0.25, 0.3) is 0 Å². The number of methoxy groups -OCH3 is 1. The summed E-state index contributed by atoms with van der Waals surface area (Å²) in [5, 5.41) is 2.83. The number of pyridine rings is 1. The lowest BCUT2D eigenvalue weighted by Crippen LogP contribution is -2.52. The molecule has 1 rings (SSSR count). The Morgan fingerprint density at radius 2 is 2.11 bits per heavy atom. The second-order valence-corrected chi connectivity index (χ2v) is 4.25. The van der Waals surface area contributed by atoms with Crippen LogP contribution >= 0.6 is 0 Å². The van der Waals surface area contributed by atoms with Gasteiger partial charge in [-0.2, -0.15) is 0 Å². The molecule has 1 aromatic rings. The van der Waals surface area contributed by atoms with Crippen molar-refractivity contribution in [1.29, 1.82) is 0 Å². The minimum Gasteiger partial charge on any atom is -0.481 e. The van der Waals surface area contributed by atoms with Crippen molar-refractivity contribution in [2.45, 2.75) is 38.8 Å². The van der Waals surface area contributed by atoms with Crippen LogP contribution in [-0.4, -0.2) is 23.5 Å². The van der Waals surface area contributed by atoms with E-state index in [1.807, 2.05) is 19.9 Å². The number of hydrogen-bond donors (Lipinski definition) is 2. The molecule has 0 saturated carbocycles. The number of amides is 1. The zero-order chi connectivity index (χ0) is 13.6. The first-order valence-corrected chi connectivity index (χ1v) is 6.11. The summed E-state index contributed by atoms with van der Waals surface area (Å²) in [7, 11) is 1.56. The number of ether oxygens (including phenoxy) is 1. The van der Waals surface area contributed by atoms with Crippen LogP contribution < -0.4 is 15.8 Å². The molecule has 5 heteroatoms. The third-order valence-corrected chi connectivity index (χ3v) is 3.17. The van der Waals surface area contributed by atoms with E-state index in [0.29, 0.717) is 25.3 Å². The fraction of sp³-hybridized carbons (Fsp3) is 0.538. The highest BCUT2D eigenvalue weighted by atomic mass is 16.5. The van der Waals surface area contributed by atoms with Crippen LogP contribution in [0.2, 0.25) is 0 Å². The maximum atomic E-state index is 11.9. The van der Waals surface area contributed by atoms with Gasteiger partial charge >= 0.3 is 0 Å². The SMILES string of the molecule is CCC(N)(CC)C(=O)NCc1ccc(OC)nc1. The number of hydrogen-bond acceptors (Lipinski definition) is 4. The van der Waals surface area contributed by atoms with Crippen LogP contribution in [0, 0.1) is 0 Å². The van der Waals surface area contributed by atoms with Gasteiger partial charge in [0.1, 0.15) is 0 Å². The molecule has 0 atom stereocenters. The first-order chi connectivity index (χ1) is 8.55. The molecule has 0 unspecified atom stereocenters. The molecular formula is C13H21N3O2. The fourth-order valence-corrected chi connectivity index (χ4v) is 1.57. The lowest BCUT2D eigenvalue weighted by Gasteiger charge is -2.25. The third kappa shape index (κ3) is 3.43.